The van der Waals surface area contributed by atoms with Crippen molar-refractivity contribution in [2.75, 3.05) is 0 Å². The fraction of sp³-hybridized carbons (Fsp3) is 0.105. The first-order chi connectivity index (χ1) is 12.5. The van der Waals surface area contributed by atoms with Crippen LogP contribution in [0.4, 0.5) is 4.79 Å². The molecule has 7 heteroatoms. The number of carbonyl (C=O) groups excluding carboxylic acids is 3. The molecule has 0 saturated carbocycles. The number of ether oxygens (including phenoxy) is 1. The highest BCUT2D eigenvalue weighted by atomic mass is 35.5. The molecular weight excluding hydrogens is 374 g/mol. The molecule has 0 atom stereocenters. The third kappa shape index (κ3) is 4.53. The van der Waals surface area contributed by atoms with Crippen LogP contribution in [0.25, 0.3) is 6.08 Å². The van der Waals surface area contributed by atoms with E-state index in [1.54, 1.807) is 18.2 Å². The lowest BCUT2D eigenvalue weighted by atomic mass is 10.1. The zero-order valence-corrected chi connectivity index (χ0v) is 15.1. The van der Waals surface area contributed by atoms with Crippen LogP contribution < -0.4 is 10.1 Å². The summed E-state index contributed by atoms with van der Waals surface area (Å²) in [6.07, 6.45) is 2.28. The van der Waals surface area contributed by atoms with E-state index in [-0.39, 0.29) is 22.1 Å². The zero-order chi connectivity index (χ0) is 18.5. The monoisotopic (exact) mass is 387 g/mol. The first kappa shape index (κ1) is 18.2. The van der Waals surface area contributed by atoms with Crippen molar-refractivity contribution in [2.45, 2.75) is 12.8 Å². The maximum atomic E-state index is 12.1. The molecule has 1 fully saturated rings. The highest BCUT2D eigenvalue weighted by Gasteiger charge is 2.25. The molecule has 0 aromatic heterocycles. The van der Waals surface area contributed by atoms with Crippen LogP contribution >= 0.6 is 23.4 Å². The van der Waals surface area contributed by atoms with Gasteiger partial charge in [-0.15, -0.1) is 0 Å². The Labute approximate surface area is 159 Å². The third-order valence-electron chi connectivity index (χ3n) is 3.61. The van der Waals surface area contributed by atoms with Crippen molar-refractivity contribution in [3.63, 3.8) is 0 Å². The van der Waals surface area contributed by atoms with E-state index in [4.69, 9.17) is 16.3 Å². The summed E-state index contributed by atoms with van der Waals surface area (Å²) in [4.78, 5) is 35.2. The lowest BCUT2D eigenvalue weighted by Gasteiger charge is -2.08. The van der Waals surface area contributed by atoms with Crippen molar-refractivity contribution in [3.8, 4) is 5.75 Å². The van der Waals surface area contributed by atoms with Crippen molar-refractivity contribution in [3.05, 3.63) is 69.6 Å². The van der Waals surface area contributed by atoms with E-state index in [1.807, 2.05) is 30.3 Å². The van der Waals surface area contributed by atoms with Crippen molar-refractivity contribution in [1.82, 2.24) is 5.32 Å². The van der Waals surface area contributed by atoms with Gasteiger partial charge < -0.3 is 4.74 Å². The second kappa shape index (κ2) is 8.21. The van der Waals surface area contributed by atoms with Gasteiger partial charge in [-0.2, -0.15) is 0 Å². The number of carbonyl (C=O) groups is 3. The summed E-state index contributed by atoms with van der Waals surface area (Å²) in [5, 5.41) is 1.95. The quantitative estimate of drug-likeness (QED) is 0.473. The minimum absolute atomic E-state index is 0.209. The molecule has 1 aliphatic rings. The molecule has 1 saturated heterocycles. The van der Waals surface area contributed by atoms with Crippen LogP contribution in [-0.2, 0) is 16.0 Å². The number of esters is 1. The fourth-order valence-corrected chi connectivity index (χ4v) is 3.24. The lowest BCUT2D eigenvalue weighted by molar-refractivity contribution is -0.134. The number of hydrogen-bond donors (Lipinski definition) is 1. The third-order valence-corrected chi connectivity index (χ3v) is 4.82. The number of amides is 2. The molecule has 2 aromatic rings. The summed E-state index contributed by atoms with van der Waals surface area (Å²) in [7, 11) is 0. The van der Waals surface area contributed by atoms with Gasteiger partial charge >= 0.3 is 5.97 Å². The van der Waals surface area contributed by atoms with Crippen LogP contribution in [-0.4, -0.2) is 17.1 Å². The van der Waals surface area contributed by atoms with E-state index >= 15 is 0 Å². The average molecular weight is 388 g/mol. The van der Waals surface area contributed by atoms with Crippen molar-refractivity contribution >= 4 is 46.6 Å². The van der Waals surface area contributed by atoms with Crippen LogP contribution in [0.2, 0.25) is 5.02 Å². The number of imide groups is 1. The number of halogens is 1. The number of rotatable bonds is 5. The molecular formula is C19H14ClNO4S. The van der Waals surface area contributed by atoms with E-state index < -0.39 is 17.1 Å². The Morgan fingerprint density at radius 3 is 2.58 bits per heavy atom. The number of hydrogen-bond acceptors (Lipinski definition) is 5. The fourth-order valence-electron chi connectivity index (χ4n) is 2.35. The molecule has 0 bridgehead atoms. The van der Waals surface area contributed by atoms with E-state index in [0.29, 0.717) is 12.0 Å². The van der Waals surface area contributed by atoms with Crippen LogP contribution in [0.1, 0.15) is 17.5 Å². The summed E-state index contributed by atoms with van der Waals surface area (Å²) < 4.78 is 5.35. The first-order valence-electron chi connectivity index (χ1n) is 7.81. The van der Waals surface area contributed by atoms with Gasteiger partial charge in [-0.3, -0.25) is 19.7 Å². The van der Waals surface area contributed by atoms with Crippen molar-refractivity contribution in [2.24, 2.45) is 0 Å². The minimum Gasteiger partial charge on any atom is -0.425 e. The van der Waals surface area contributed by atoms with Gasteiger partial charge in [-0.05, 0) is 41.5 Å². The molecule has 1 N–H and O–H groups in total. The van der Waals surface area contributed by atoms with Crippen LogP contribution in [0.5, 0.6) is 5.75 Å². The van der Waals surface area contributed by atoms with Crippen LogP contribution in [0, 0.1) is 0 Å². The Bertz CT molecular complexity index is 896. The summed E-state index contributed by atoms with van der Waals surface area (Å²) in [5.41, 5.74) is 1.54. The Morgan fingerprint density at radius 1 is 1.12 bits per heavy atom. The Morgan fingerprint density at radius 2 is 1.88 bits per heavy atom. The molecule has 3 rings (SSSR count). The second-order valence-electron chi connectivity index (χ2n) is 5.47. The van der Waals surface area contributed by atoms with Gasteiger partial charge in [-0.25, -0.2) is 0 Å². The molecule has 26 heavy (non-hydrogen) atoms. The van der Waals surface area contributed by atoms with E-state index in [2.05, 4.69) is 5.32 Å². The standard InChI is InChI=1S/C19H14ClNO4S/c20-17-13(11-15-18(23)21-19(24)26-15)7-4-8-14(17)25-16(22)10-9-12-5-2-1-3-6-12/h1-8,11H,9-10H2,(H,21,23,24). The molecule has 132 valence electrons. The summed E-state index contributed by atoms with van der Waals surface area (Å²) in [5.74, 6) is -0.654. The molecule has 0 spiro atoms. The molecule has 0 unspecified atom stereocenters. The highest BCUT2D eigenvalue weighted by molar-refractivity contribution is 8.18. The largest absolute Gasteiger partial charge is 0.425 e. The number of nitrogens with one attached hydrogen (secondary N) is 1. The van der Waals surface area contributed by atoms with E-state index in [0.717, 1.165) is 17.3 Å². The molecule has 2 amide bonds. The first-order valence-corrected chi connectivity index (χ1v) is 9.00. The molecule has 5 nitrogen and oxygen atoms in total. The summed E-state index contributed by atoms with van der Waals surface area (Å²) >= 11 is 7.08. The van der Waals surface area contributed by atoms with Crippen molar-refractivity contribution < 1.29 is 19.1 Å². The smallest absolute Gasteiger partial charge is 0.311 e. The maximum Gasteiger partial charge on any atom is 0.311 e. The van der Waals surface area contributed by atoms with Gasteiger partial charge in [0.1, 0.15) is 5.75 Å². The summed E-state index contributed by atoms with van der Waals surface area (Å²) in [6, 6.07) is 14.5. The van der Waals surface area contributed by atoms with Crippen molar-refractivity contribution in [1.29, 1.82) is 0 Å². The molecule has 0 radical (unpaired) electrons. The predicted octanol–water partition coefficient (Wildman–Crippen LogP) is 4.20. The Balaban J connectivity index is 1.69. The van der Waals surface area contributed by atoms with Gasteiger partial charge in [0.25, 0.3) is 11.1 Å². The van der Waals surface area contributed by atoms with Gasteiger partial charge in [-0.1, -0.05) is 54.1 Å². The normalized spacial score (nSPS) is 15.2. The maximum absolute atomic E-state index is 12.1. The SMILES string of the molecule is O=C(CCc1ccccc1)Oc1cccc(C=C2SC(=O)NC2=O)c1Cl. The second-order valence-corrected chi connectivity index (χ2v) is 6.86. The molecule has 0 aliphatic carbocycles. The number of aryl methyl sites for hydroxylation is 1. The lowest BCUT2D eigenvalue weighted by Crippen LogP contribution is -2.17. The minimum atomic E-state index is -0.471. The van der Waals surface area contributed by atoms with Gasteiger partial charge in [0.2, 0.25) is 0 Å². The Kier molecular flexibility index (Phi) is 5.75. The number of thioether (sulfide) groups is 1. The zero-order valence-electron chi connectivity index (χ0n) is 13.5. The predicted molar refractivity (Wildman–Crippen MR) is 101 cm³/mol. The summed E-state index contributed by atoms with van der Waals surface area (Å²) in [6.45, 7) is 0. The highest BCUT2D eigenvalue weighted by Crippen LogP contribution is 2.33. The molecule has 1 heterocycles. The topological polar surface area (TPSA) is 72.5 Å². The van der Waals surface area contributed by atoms with Crippen LogP contribution in [0.15, 0.2) is 53.4 Å². The van der Waals surface area contributed by atoms with Gasteiger partial charge in [0, 0.05) is 6.42 Å². The van der Waals surface area contributed by atoms with E-state index in [9.17, 15) is 14.4 Å². The molecule has 1 aliphatic heterocycles. The Hall–Kier alpha value is -2.57. The number of benzene rings is 2. The average Bonchev–Trinajstić information content (AvgIpc) is 2.95. The van der Waals surface area contributed by atoms with Gasteiger partial charge in [0.05, 0.1) is 9.93 Å². The van der Waals surface area contributed by atoms with Crippen LogP contribution in [0.3, 0.4) is 0 Å². The van der Waals surface area contributed by atoms with E-state index in [1.165, 1.54) is 6.08 Å². The molecule has 2 aromatic carbocycles. The van der Waals surface area contributed by atoms with Gasteiger partial charge in [0.15, 0.2) is 0 Å².